The van der Waals surface area contributed by atoms with Gasteiger partial charge in [0, 0.05) is 42.8 Å². The summed E-state index contributed by atoms with van der Waals surface area (Å²) in [7, 11) is 0. The topological polar surface area (TPSA) is 53.0 Å². The van der Waals surface area contributed by atoms with Crippen molar-refractivity contribution < 1.29 is 23.4 Å². The van der Waals surface area contributed by atoms with Crippen LogP contribution in [0, 0.1) is 17.6 Å². The van der Waals surface area contributed by atoms with Crippen LogP contribution < -0.4 is 4.74 Å². The molecule has 2 aromatic carbocycles. The molecule has 0 aromatic heterocycles. The maximum absolute atomic E-state index is 13.3. The molecule has 2 saturated heterocycles. The summed E-state index contributed by atoms with van der Waals surface area (Å²) >= 11 is 0. The highest BCUT2D eigenvalue weighted by Crippen LogP contribution is 2.45. The molecule has 3 aliphatic heterocycles. The Labute approximate surface area is 205 Å². The predicted octanol–water partition coefficient (Wildman–Crippen LogP) is 4.00. The number of fused-ring (bicyclic) bond motifs is 2. The van der Waals surface area contributed by atoms with Gasteiger partial charge in [-0.3, -0.25) is 4.79 Å². The molecule has 1 atom stereocenters. The Hall–Kier alpha value is -2.77. The number of aliphatic hydroxyl groups is 1. The smallest absolute Gasteiger partial charge is 0.246 e. The quantitative estimate of drug-likeness (QED) is 0.655. The zero-order chi connectivity index (χ0) is 24.4. The summed E-state index contributed by atoms with van der Waals surface area (Å²) in [5.74, 6) is -0.343. The molecule has 0 radical (unpaired) electrons. The lowest BCUT2D eigenvalue weighted by Gasteiger charge is -2.41. The number of aliphatic hydroxyl groups excluding tert-OH is 1. The number of halogens is 2. The van der Waals surface area contributed by atoms with E-state index in [4.69, 9.17) is 4.74 Å². The van der Waals surface area contributed by atoms with E-state index in [2.05, 4.69) is 23.1 Å². The first-order valence-corrected chi connectivity index (χ1v) is 12.5. The minimum absolute atomic E-state index is 0.106. The Balaban J connectivity index is 1.08. The molecule has 5 nitrogen and oxygen atoms in total. The second-order valence-electron chi connectivity index (χ2n) is 10.1. The van der Waals surface area contributed by atoms with Gasteiger partial charge in [-0.15, -0.1) is 0 Å². The van der Waals surface area contributed by atoms with Crippen molar-refractivity contribution in [3.63, 3.8) is 0 Å². The predicted molar refractivity (Wildman–Crippen MR) is 130 cm³/mol. The van der Waals surface area contributed by atoms with Crippen molar-refractivity contribution in [2.45, 2.75) is 37.2 Å². The number of nitrogens with zero attached hydrogens (tertiary/aromatic N) is 2. The number of likely N-dealkylation sites (tertiary alicyclic amines) is 2. The van der Waals surface area contributed by atoms with Gasteiger partial charge in [0.25, 0.3) is 0 Å². The second kappa shape index (κ2) is 10.1. The highest BCUT2D eigenvalue weighted by atomic mass is 19.1. The SMILES string of the molecule is O=C(/C=C/c1cc(F)cc(F)c1)N1CCC(C(O)CN2CCC3(CC2)COc2ccccc23)CC1. The van der Waals surface area contributed by atoms with Gasteiger partial charge in [-0.1, -0.05) is 18.2 Å². The fourth-order valence-electron chi connectivity index (χ4n) is 5.76. The number of para-hydroxylation sites is 1. The number of carbonyl (C=O) groups is 1. The zero-order valence-electron chi connectivity index (χ0n) is 19.8. The number of benzene rings is 2. The Morgan fingerprint density at radius 3 is 2.49 bits per heavy atom. The van der Waals surface area contributed by atoms with Gasteiger partial charge in [-0.2, -0.15) is 0 Å². The molecule has 186 valence electrons. The van der Waals surface area contributed by atoms with Crippen LogP contribution >= 0.6 is 0 Å². The maximum Gasteiger partial charge on any atom is 0.246 e. The minimum atomic E-state index is -0.669. The van der Waals surface area contributed by atoms with E-state index < -0.39 is 17.7 Å². The van der Waals surface area contributed by atoms with Gasteiger partial charge in [-0.05, 0) is 74.5 Å². The lowest BCUT2D eigenvalue weighted by Crippen LogP contribution is -2.48. The van der Waals surface area contributed by atoms with Gasteiger partial charge in [-0.25, -0.2) is 8.78 Å². The molecular formula is C28H32F2N2O3. The molecule has 5 rings (SSSR count). The van der Waals surface area contributed by atoms with Gasteiger partial charge < -0.3 is 19.6 Å². The maximum atomic E-state index is 13.3. The Kier molecular flexibility index (Phi) is 6.89. The van der Waals surface area contributed by atoms with Crippen molar-refractivity contribution in [1.82, 2.24) is 9.80 Å². The molecule has 0 aliphatic carbocycles. The zero-order valence-corrected chi connectivity index (χ0v) is 19.8. The monoisotopic (exact) mass is 482 g/mol. The second-order valence-corrected chi connectivity index (χ2v) is 10.1. The Bertz CT molecular complexity index is 1070. The van der Waals surface area contributed by atoms with Crippen LogP contribution in [0.4, 0.5) is 8.78 Å². The van der Waals surface area contributed by atoms with E-state index in [0.29, 0.717) is 25.2 Å². The summed E-state index contributed by atoms with van der Waals surface area (Å²) in [6, 6.07) is 11.5. The van der Waals surface area contributed by atoms with E-state index in [1.54, 1.807) is 4.90 Å². The number of hydrogen-bond donors (Lipinski definition) is 1. The fourth-order valence-corrected chi connectivity index (χ4v) is 5.76. The van der Waals surface area contributed by atoms with Gasteiger partial charge in [0.05, 0.1) is 12.7 Å². The molecule has 1 N–H and O–H groups in total. The van der Waals surface area contributed by atoms with E-state index in [1.807, 2.05) is 6.07 Å². The number of amides is 1. The van der Waals surface area contributed by atoms with Crippen molar-refractivity contribution in [2.75, 3.05) is 39.3 Å². The number of hydrogen-bond acceptors (Lipinski definition) is 4. The van der Waals surface area contributed by atoms with E-state index in [-0.39, 0.29) is 17.2 Å². The van der Waals surface area contributed by atoms with Gasteiger partial charge in [0.15, 0.2) is 0 Å². The summed E-state index contributed by atoms with van der Waals surface area (Å²) in [5.41, 5.74) is 1.75. The van der Waals surface area contributed by atoms with Crippen LogP contribution in [0.5, 0.6) is 5.75 Å². The van der Waals surface area contributed by atoms with Crippen molar-refractivity contribution in [3.8, 4) is 5.75 Å². The first kappa shape index (κ1) is 23.9. The van der Waals surface area contributed by atoms with Crippen LogP contribution in [0.2, 0.25) is 0 Å². The number of carbonyl (C=O) groups excluding carboxylic acids is 1. The molecule has 0 saturated carbocycles. The summed E-state index contributed by atoms with van der Waals surface area (Å²) in [5, 5.41) is 10.9. The van der Waals surface area contributed by atoms with Crippen LogP contribution in [0.25, 0.3) is 6.08 Å². The van der Waals surface area contributed by atoms with Gasteiger partial charge >= 0.3 is 0 Å². The number of piperidine rings is 2. The fraction of sp³-hybridized carbons (Fsp3) is 0.464. The molecule has 2 aromatic rings. The minimum Gasteiger partial charge on any atom is -0.492 e. The molecule has 7 heteroatoms. The van der Waals surface area contributed by atoms with E-state index in [9.17, 15) is 18.7 Å². The Morgan fingerprint density at radius 2 is 1.77 bits per heavy atom. The molecule has 3 aliphatic rings. The van der Waals surface area contributed by atoms with E-state index >= 15 is 0 Å². The van der Waals surface area contributed by atoms with Gasteiger partial charge in [0.2, 0.25) is 5.91 Å². The van der Waals surface area contributed by atoms with Crippen LogP contribution in [-0.4, -0.2) is 66.2 Å². The van der Waals surface area contributed by atoms with E-state index in [1.165, 1.54) is 29.8 Å². The molecule has 1 amide bonds. The number of β-amino-alcohol motifs (C(OH)–C–C–N with tert-alkyl or cyclic N) is 1. The van der Waals surface area contributed by atoms with Crippen LogP contribution in [0.15, 0.2) is 48.5 Å². The van der Waals surface area contributed by atoms with Crippen LogP contribution in [0.1, 0.15) is 36.8 Å². The summed E-state index contributed by atoms with van der Waals surface area (Å²) in [6.07, 6.45) is 5.93. The van der Waals surface area contributed by atoms with Crippen molar-refractivity contribution in [1.29, 1.82) is 0 Å². The van der Waals surface area contributed by atoms with Crippen molar-refractivity contribution in [2.24, 2.45) is 5.92 Å². The third-order valence-electron chi connectivity index (χ3n) is 7.92. The summed E-state index contributed by atoms with van der Waals surface area (Å²) < 4.78 is 32.6. The molecule has 2 fully saturated rings. The van der Waals surface area contributed by atoms with Crippen molar-refractivity contribution >= 4 is 12.0 Å². The normalized spacial score (nSPS) is 21.3. The first-order chi connectivity index (χ1) is 16.9. The standard InChI is InChI=1S/C28H32F2N2O3/c29-22-15-20(16-23(30)17-22)5-6-27(34)32-11-7-21(8-12-32)25(33)18-31-13-9-28(10-14-31)19-35-26-4-2-1-3-24(26)28/h1-6,15-17,21,25,33H,7-14,18-19H2/b6-5+. The van der Waals surface area contributed by atoms with Gasteiger partial charge in [0.1, 0.15) is 17.4 Å². The highest BCUT2D eigenvalue weighted by molar-refractivity contribution is 5.91. The van der Waals surface area contributed by atoms with Crippen molar-refractivity contribution in [3.05, 3.63) is 71.3 Å². The first-order valence-electron chi connectivity index (χ1n) is 12.5. The summed E-state index contributed by atoms with van der Waals surface area (Å²) in [4.78, 5) is 16.6. The number of ether oxygens (including phenoxy) is 1. The average molecular weight is 483 g/mol. The largest absolute Gasteiger partial charge is 0.492 e. The highest BCUT2D eigenvalue weighted by Gasteiger charge is 2.43. The molecule has 1 unspecified atom stereocenters. The molecule has 3 heterocycles. The molecular weight excluding hydrogens is 450 g/mol. The molecule has 1 spiro atoms. The molecule has 35 heavy (non-hydrogen) atoms. The van der Waals surface area contributed by atoms with Crippen LogP contribution in [0.3, 0.4) is 0 Å². The average Bonchev–Trinajstić information content (AvgIpc) is 3.22. The molecule has 0 bridgehead atoms. The lowest BCUT2D eigenvalue weighted by atomic mass is 9.74. The van der Waals surface area contributed by atoms with E-state index in [0.717, 1.165) is 57.2 Å². The summed E-state index contributed by atoms with van der Waals surface area (Å²) in [6.45, 7) is 4.43. The Morgan fingerprint density at radius 1 is 1.09 bits per heavy atom. The van der Waals surface area contributed by atoms with Crippen LogP contribution in [-0.2, 0) is 10.2 Å². The lowest BCUT2D eigenvalue weighted by molar-refractivity contribution is -0.128. The third kappa shape index (κ3) is 5.26. The number of rotatable bonds is 5. The third-order valence-corrected chi connectivity index (χ3v) is 7.92.